The van der Waals surface area contributed by atoms with Crippen LogP contribution in [-0.4, -0.2) is 23.5 Å². The zero-order valence-electron chi connectivity index (χ0n) is 14.0. The molecule has 1 saturated carbocycles. The number of hydrogen-bond donors (Lipinski definition) is 0. The van der Waals surface area contributed by atoms with Crippen molar-refractivity contribution in [3.05, 3.63) is 51.7 Å². The molecule has 1 atom stereocenters. The summed E-state index contributed by atoms with van der Waals surface area (Å²) in [5, 5.41) is 2.13. The summed E-state index contributed by atoms with van der Waals surface area (Å²) in [7, 11) is 0. The highest BCUT2D eigenvalue weighted by atomic mass is 32.1. The van der Waals surface area contributed by atoms with E-state index in [1.165, 1.54) is 23.3 Å². The molecular weight excluding hydrogens is 318 g/mol. The highest BCUT2D eigenvalue weighted by molar-refractivity contribution is 7.10. The number of hydrogen-bond acceptors (Lipinski definition) is 3. The Labute approximate surface area is 147 Å². The molecule has 0 spiro atoms. The number of ether oxygens (including phenoxy) is 1. The van der Waals surface area contributed by atoms with Crippen LogP contribution in [-0.2, 0) is 6.42 Å². The van der Waals surface area contributed by atoms with Crippen LogP contribution in [0.25, 0.3) is 0 Å². The minimum Gasteiger partial charge on any atom is -0.490 e. The molecule has 3 nitrogen and oxygen atoms in total. The topological polar surface area (TPSA) is 29.5 Å². The molecule has 2 heterocycles. The first-order chi connectivity index (χ1) is 11.7. The number of carbonyl (C=O) groups excluding carboxylic acids is 1. The second kappa shape index (κ2) is 6.60. The first kappa shape index (κ1) is 15.7. The van der Waals surface area contributed by atoms with Gasteiger partial charge in [0.25, 0.3) is 5.91 Å². The van der Waals surface area contributed by atoms with Gasteiger partial charge in [-0.1, -0.05) is 0 Å². The van der Waals surface area contributed by atoms with E-state index < -0.39 is 0 Å². The standard InChI is InChI=1S/C20H23NO2S/c1-14-18-11-13-24-19(18)10-12-21(14)20(22)15-6-8-17(9-7-15)23-16-4-2-3-5-16/h6-9,11,13-14,16H,2-5,10,12H2,1H3/t14-/m0/s1. The van der Waals surface area contributed by atoms with Crippen molar-refractivity contribution in [1.82, 2.24) is 4.90 Å². The van der Waals surface area contributed by atoms with E-state index in [0.29, 0.717) is 6.10 Å². The Morgan fingerprint density at radius 3 is 2.67 bits per heavy atom. The van der Waals surface area contributed by atoms with Crippen LogP contribution in [0.3, 0.4) is 0 Å². The van der Waals surface area contributed by atoms with Gasteiger partial charge in [0.1, 0.15) is 5.75 Å². The molecule has 2 aliphatic rings. The second-order valence-corrected chi connectivity index (χ2v) is 7.77. The molecule has 4 rings (SSSR count). The second-order valence-electron chi connectivity index (χ2n) is 6.77. The van der Waals surface area contributed by atoms with E-state index >= 15 is 0 Å². The molecule has 1 amide bonds. The Morgan fingerprint density at radius 1 is 1.17 bits per heavy atom. The third-order valence-corrected chi connectivity index (χ3v) is 6.24. The van der Waals surface area contributed by atoms with Crippen molar-refractivity contribution in [1.29, 1.82) is 0 Å². The summed E-state index contributed by atoms with van der Waals surface area (Å²) in [5.74, 6) is 0.997. The minimum atomic E-state index is 0.117. The number of rotatable bonds is 3. The Morgan fingerprint density at radius 2 is 1.92 bits per heavy atom. The molecule has 1 aromatic heterocycles. The lowest BCUT2D eigenvalue weighted by atomic mass is 10.0. The fourth-order valence-corrected chi connectivity index (χ4v) is 4.79. The van der Waals surface area contributed by atoms with Gasteiger partial charge in [0, 0.05) is 17.0 Å². The molecule has 1 aliphatic carbocycles. The molecule has 4 heteroatoms. The number of thiophene rings is 1. The van der Waals surface area contributed by atoms with Crippen LogP contribution in [0.2, 0.25) is 0 Å². The number of nitrogens with zero attached hydrogens (tertiary/aromatic N) is 1. The molecule has 1 fully saturated rings. The summed E-state index contributed by atoms with van der Waals surface area (Å²) in [4.78, 5) is 16.3. The quantitative estimate of drug-likeness (QED) is 0.800. The monoisotopic (exact) mass is 341 g/mol. The third-order valence-electron chi connectivity index (χ3n) is 5.24. The fourth-order valence-electron chi connectivity index (χ4n) is 3.83. The number of amides is 1. The Kier molecular flexibility index (Phi) is 4.31. The average Bonchev–Trinajstić information content (AvgIpc) is 3.27. The van der Waals surface area contributed by atoms with E-state index in [4.69, 9.17) is 4.74 Å². The molecule has 0 saturated heterocycles. The maximum absolute atomic E-state index is 12.9. The molecule has 0 bridgehead atoms. The predicted octanol–water partition coefficient (Wildman–Crippen LogP) is 4.83. The van der Waals surface area contributed by atoms with Gasteiger partial charge in [-0.2, -0.15) is 0 Å². The van der Waals surface area contributed by atoms with E-state index in [-0.39, 0.29) is 11.9 Å². The van der Waals surface area contributed by atoms with E-state index in [9.17, 15) is 4.79 Å². The van der Waals surface area contributed by atoms with Crippen molar-refractivity contribution >= 4 is 17.2 Å². The van der Waals surface area contributed by atoms with Crippen LogP contribution in [0.15, 0.2) is 35.7 Å². The molecule has 0 unspecified atom stereocenters. The summed E-state index contributed by atoms with van der Waals surface area (Å²) in [6.07, 6.45) is 6.14. The lowest BCUT2D eigenvalue weighted by Gasteiger charge is -2.33. The first-order valence-corrected chi connectivity index (χ1v) is 9.74. The van der Waals surface area contributed by atoms with Crippen LogP contribution in [0.4, 0.5) is 0 Å². The third kappa shape index (κ3) is 2.95. The van der Waals surface area contributed by atoms with Crippen LogP contribution < -0.4 is 4.74 Å². The van der Waals surface area contributed by atoms with Crippen molar-refractivity contribution in [2.75, 3.05) is 6.54 Å². The molecule has 24 heavy (non-hydrogen) atoms. The molecule has 1 aromatic carbocycles. The highest BCUT2D eigenvalue weighted by Crippen LogP contribution is 2.34. The van der Waals surface area contributed by atoms with Crippen LogP contribution in [0, 0.1) is 0 Å². The Hall–Kier alpha value is -1.81. The first-order valence-electron chi connectivity index (χ1n) is 8.86. The van der Waals surface area contributed by atoms with E-state index in [1.54, 1.807) is 11.3 Å². The lowest BCUT2D eigenvalue weighted by molar-refractivity contribution is 0.0679. The van der Waals surface area contributed by atoms with Gasteiger partial charge in [-0.05, 0) is 80.3 Å². The smallest absolute Gasteiger partial charge is 0.254 e. The summed E-state index contributed by atoms with van der Waals surface area (Å²) in [6, 6.07) is 10.0. The number of benzene rings is 1. The minimum absolute atomic E-state index is 0.117. The van der Waals surface area contributed by atoms with Crippen LogP contribution >= 0.6 is 11.3 Å². The molecule has 1 aliphatic heterocycles. The van der Waals surface area contributed by atoms with Crippen molar-refractivity contribution < 1.29 is 9.53 Å². The van der Waals surface area contributed by atoms with Gasteiger partial charge in [-0.15, -0.1) is 11.3 Å². The molecule has 0 radical (unpaired) electrons. The predicted molar refractivity (Wildman–Crippen MR) is 96.8 cm³/mol. The zero-order valence-corrected chi connectivity index (χ0v) is 14.8. The van der Waals surface area contributed by atoms with E-state index in [1.807, 2.05) is 29.2 Å². The SMILES string of the molecule is C[C@H]1c2ccsc2CCN1C(=O)c1ccc(OC2CCCC2)cc1. The van der Waals surface area contributed by atoms with Crippen molar-refractivity contribution in [2.45, 2.75) is 51.2 Å². The van der Waals surface area contributed by atoms with Crippen LogP contribution in [0.1, 0.15) is 59.4 Å². The molecule has 126 valence electrons. The van der Waals surface area contributed by atoms with Gasteiger partial charge in [0.15, 0.2) is 0 Å². The largest absolute Gasteiger partial charge is 0.490 e. The van der Waals surface area contributed by atoms with Gasteiger partial charge < -0.3 is 9.64 Å². The van der Waals surface area contributed by atoms with E-state index in [0.717, 1.165) is 37.1 Å². The normalized spacial score (nSPS) is 20.9. The van der Waals surface area contributed by atoms with Crippen LogP contribution in [0.5, 0.6) is 5.75 Å². The summed E-state index contributed by atoms with van der Waals surface area (Å²) in [5.41, 5.74) is 2.06. The van der Waals surface area contributed by atoms with Crippen molar-refractivity contribution in [2.24, 2.45) is 0 Å². The molecule has 0 N–H and O–H groups in total. The molecular formula is C20H23NO2S. The fraction of sp³-hybridized carbons (Fsp3) is 0.450. The summed E-state index contributed by atoms with van der Waals surface area (Å²) < 4.78 is 5.99. The van der Waals surface area contributed by atoms with Crippen molar-refractivity contribution in [3.63, 3.8) is 0 Å². The van der Waals surface area contributed by atoms with E-state index in [2.05, 4.69) is 18.4 Å². The molecule has 2 aromatic rings. The average molecular weight is 341 g/mol. The van der Waals surface area contributed by atoms with Gasteiger partial charge in [-0.25, -0.2) is 0 Å². The van der Waals surface area contributed by atoms with Gasteiger partial charge in [0.2, 0.25) is 0 Å². The maximum Gasteiger partial charge on any atom is 0.254 e. The summed E-state index contributed by atoms with van der Waals surface area (Å²) >= 11 is 1.80. The van der Waals surface area contributed by atoms with Gasteiger partial charge in [-0.3, -0.25) is 4.79 Å². The van der Waals surface area contributed by atoms with Crippen molar-refractivity contribution in [3.8, 4) is 5.75 Å². The number of carbonyl (C=O) groups is 1. The van der Waals surface area contributed by atoms with Gasteiger partial charge >= 0.3 is 0 Å². The zero-order chi connectivity index (χ0) is 16.5. The maximum atomic E-state index is 12.9. The Balaban J connectivity index is 1.46. The lowest BCUT2D eigenvalue weighted by Crippen LogP contribution is -2.38. The summed E-state index contributed by atoms with van der Waals surface area (Å²) in [6.45, 7) is 2.92. The number of fused-ring (bicyclic) bond motifs is 1. The highest BCUT2D eigenvalue weighted by Gasteiger charge is 2.29. The Bertz CT molecular complexity index is 715. The van der Waals surface area contributed by atoms with Gasteiger partial charge in [0.05, 0.1) is 12.1 Å².